The predicted octanol–water partition coefficient (Wildman–Crippen LogP) is 1.59. The molecule has 0 radical (unpaired) electrons. The fraction of sp³-hybridized carbons (Fsp3) is 0.312. The molecule has 0 bridgehead atoms. The SMILES string of the molecule is CCn1ncc(NC(=O)c2ccc3c(c2)C(=O)NCCO3)c1C. The molecular formula is C16H18N4O3. The van der Waals surface area contributed by atoms with Crippen LogP contribution in [-0.2, 0) is 6.54 Å². The van der Waals surface area contributed by atoms with Crippen molar-refractivity contribution in [3.05, 3.63) is 41.2 Å². The number of rotatable bonds is 3. The fourth-order valence-electron chi connectivity index (χ4n) is 2.48. The van der Waals surface area contributed by atoms with Gasteiger partial charge >= 0.3 is 0 Å². The molecule has 0 spiro atoms. The molecule has 0 saturated carbocycles. The van der Waals surface area contributed by atoms with Crippen LogP contribution in [0.1, 0.15) is 33.3 Å². The smallest absolute Gasteiger partial charge is 0.255 e. The second-order valence-electron chi connectivity index (χ2n) is 5.23. The third kappa shape index (κ3) is 2.90. The Balaban J connectivity index is 1.85. The van der Waals surface area contributed by atoms with E-state index in [1.165, 1.54) is 0 Å². The third-order valence-electron chi connectivity index (χ3n) is 3.78. The number of carbonyl (C=O) groups excluding carboxylic acids is 2. The zero-order chi connectivity index (χ0) is 16.4. The lowest BCUT2D eigenvalue weighted by Gasteiger charge is -2.09. The predicted molar refractivity (Wildman–Crippen MR) is 84.9 cm³/mol. The summed E-state index contributed by atoms with van der Waals surface area (Å²) in [7, 11) is 0. The number of fused-ring (bicyclic) bond motifs is 1. The minimum Gasteiger partial charge on any atom is -0.491 e. The summed E-state index contributed by atoms with van der Waals surface area (Å²) >= 11 is 0. The van der Waals surface area contributed by atoms with Crippen molar-refractivity contribution < 1.29 is 14.3 Å². The van der Waals surface area contributed by atoms with E-state index in [1.54, 1.807) is 29.1 Å². The zero-order valence-electron chi connectivity index (χ0n) is 13.0. The lowest BCUT2D eigenvalue weighted by Crippen LogP contribution is -2.24. The number of hydrogen-bond acceptors (Lipinski definition) is 4. The number of amides is 2. The first kappa shape index (κ1) is 15.1. The van der Waals surface area contributed by atoms with Crippen molar-refractivity contribution in [2.24, 2.45) is 0 Å². The van der Waals surface area contributed by atoms with Gasteiger partial charge in [-0.05, 0) is 32.0 Å². The Labute approximate surface area is 133 Å². The van der Waals surface area contributed by atoms with E-state index in [2.05, 4.69) is 15.7 Å². The van der Waals surface area contributed by atoms with Crippen molar-refractivity contribution in [3.63, 3.8) is 0 Å². The highest BCUT2D eigenvalue weighted by molar-refractivity contribution is 6.07. The number of aromatic nitrogens is 2. The summed E-state index contributed by atoms with van der Waals surface area (Å²) in [4.78, 5) is 24.4. The number of hydrogen-bond donors (Lipinski definition) is 2. The van der Waals surface area contributed by atoms with Crippen LogP contribution in [0.2, 0.25) is 0 Å². The van der Waals surface area contributed by atoms with Crippen LogP contribution in [0.5, 0.6) is 5.75 Å². The van der Waals surface area contributed by atoms with Gasteiger partial charge in [0.2, 0.25) is 0 Å². The average Bonchev–Trinajstić information content (AvgIpc) is 2.79. The van der Waals surface area contributed by atoms with Crippen molar-refractivity contribution in [3.8, 4) is 5.75 Å². The highest BCUT2D eigenvalue weighted by atomic mass is 16.5. The highest BCUT2D eigenvalue weighted by Gasteiger charge is 2.19. The van der Waals surface area contributed by atoms with Gasteiger partial charge in [-0.2, -0.15) is 5.10 Å². The van der Waals surface area contributed by atoms with Gasteiger partial charge in [-0.1, -0.05) is 0 Å². The van der Waals surface area contributed by atoms with Crippen LogP contribution < -0.4 is 15.4 Å². The molecule has 0 atom stereocenters. The van der Waals surface area contributed by atoms with Crippen molar-refractivity contribution in [2.45, 2.75) is 20.4 Å². The van der Waals surface area contributed by atoms with Gasteiger partial charge in [0, 0.05) is 12.1 Å². The molecule has 1 aliphatic rings. The van der Waals surface area contributed by atoms with Crippen molar-refractivity contribution in [2.75, 3.05) is 18.5 Å². The van der Waals surface area contributed by atoms with E-state index < -0.39 is 0 Å². The lowest BCUT2D eigenvalue weighted by atomic mass is 10.1. The number of anilines is 1. The van der Waals surface area contributed by atoms with Crippen LogP contribution >= 0.6 is 0 Å². The van der Waals surface area contributed by atoms with Gasteiger partial charge in [0.15, 0.2) is 0 Å². The first-order chi connectivity index (χ1) is 11.1. The van der Waals surface area contributed by atoms with Gasteiger partial charge < -0.3 is 15.4 Å². The molecule has 23 heavy (non-hydrogen) atoms. The number of carbonyl (C=O) groups is 2. The summed E-state index contributed by atoms with van der Waals surface area (Å²) < 4.78 is 7.28. The molecule has 7 heteroatoms. The van der Waals surface area contributed by atoms with Crippen LogP contribution in [-0.4, -0.2) is 34.7 Å². The molecule has 2 heterocycles. The Morgan fingerprint density at radius 3 is 3.04 bits per heavy atom. The number of nitrogens with zero attached hydrogens (tertiary/aromatic N) is 2. The molecule has 1 aromatic heterocycles. The van der Waals surface area contributed by atoms with E-state index in [4.69, 9.17) is 4.74 Å². The summed E-state index contributed by atoms with van der Waals surface area (Å²) in [6.45, 7) is 5.48. The standard InChI is InChI=1S/C16H18N4O3/c1-3-20-10(2)13(9-18-20)19-15(21)11-4-5-14-12(8-11)16(22)17-6-7-23-14/h4-5,8-9H,3,6-7H2,1-2H3,(H,17,22)(H,19,21). The molecule has 0 aliphatic carbocycles. The Morgan fingerprint density at radius 1 is 1.48 bits per heavy atom. The number of nitrogens with one attached hydrogen (secondary N) is 2. The summed E-state index contributed by atoms with van der Waals surface area (Å²) in [6.07, 6.45) is 1.62. The summed E-state index contributed by atoms with van der Waals surface area (Å²) in [5, 5.41) is 9.74. The molecule has 3 rings (SSSR count). The molecule has 1 aliphatic heterocycles. The minimum absolute atomic E-state index is 0.234. The number of aryl methyl sites for hydroxylation is 1. The Bertz CT molecular complexity index is 767. The van der Waals surface area contributed by atoms with Crippen LogP contribution in [0.4, 0.5) is 5.69 Å². The highest BCUT2D eigenvalue weighted by Crippen LogP contribution is 2.23. The van der Waals surface area contributed by atoms with E-state index in [0.717, 1.165) is 12.2 Å². The average molecular weight is 314 g/mol. The fourth-order valence-corrected chi connectivity index (χ4v) is 2.48. The molecule has 2 aromatic rings. The molecule has 7 nitrogen and oxygen atoms in total. The summed E-state index contributed by atoms with van der Waals surface area (Å²) in [6, 6.07) is 4.84. The Morgan fingerprint density at radius 2 is 2.30 bits per heavy atom. The van der Waals surface area contributed by atoms with Crippen molar-refractivity contribution >= 4 is 17.5 Å². The van der Waals surface area contributed by atoms with E-state index in [9.17, 15) is 9.59 Å². The monoisotopic (exact) mass is 314 g/mol. The molecular weight excluding hydrogens is 296 g/mol. The van der Waals surface area contributed by atoms with E-state index in [-0.39, 0.29) is 11.8 Å². The van der Waals surface area contributed by atoms with Gasteiger partial charge in [0.25, 0.3) is 11.8 Å². The van der Waals surface area contributed by atoms with Crippen LogP contribution in [0.3, 0.4) is 0 Å². The van der Waals surface area contributed by atoms with E-state index >= 15 is 0 Å². The number of benzene rings is 1. The quantitative estimate of drug-likeness (QED) is 0.901. The van der Waals surface area contributed by atoms with Gasteiger partial charge in [0.05, 0.1) is 29.7 Å². The second-order valence-corrected chi connectivity index (χ2v) is 5.23. The molecule has 2 N–H and O–H groups in total. The maximum atomic E-state index is 12.4. The molecule has 0 saturated heterocycles. The van der Waals surface area contributed by atoms with Crippen molar-refractivity contribution in [1.82, 2.24) is 15.1 Å². The number of ether oxygens (including phenoxy) is 1. The largest absolute Gasteiger partial charge is 0.491 e. The molecule has 0 fully saturated rings. The van der Waals surface area contributed by atoms with Crippen molar-refractivity contribution in [1.29, 1.82) is 0 Å². The Kier molecular flexibility index (Phi) is 4.01. The lowest BCUT2D eigenvalue weighted by molar-refractivity contribution is 0.0957. The van der Waals surface area contributed by atoms with Gasteiger partial charge in [0.1, 0.15) is 12.4 Å². The minimum atomic E-state index is -0.288. The first-order valence-electron chi connectivity index (χ1n) is 7.49. The van der Waals surface area contributed by atoms with E-state index in [0.29, 0.717) is 35.7 Å². The van der Waals surface area contributed by atoms with Crippen LogP contribution in [0.15, 0.2) is 24.4 Å². The zero-order valence-corrected chi connectivity index (χ0v) is 13.0. The van der Waals surface area contributed by atoms with Crippen LogP contribution in [0, 0.1) is 6.92 Å². The van der Waals surface area contributed by atoms with Gasteiger partial charge in [-0.15, -0.1) is 0 Å². The molecule has 0 unspecified atom stereocenters. The van der Waals surface area contributed by atoms with Gasteiger partial charge in [-0.25, -0.2) is 0 Å². The molecule has 120 valence electrons. The molecule has 1 aromatic carbocycles. The van der Waals surface area contributed by atoms with Gasteiger partial charge in [-0.3, -0.25) is 14.3 Å². The summed E-state index contributed by atoms with van der Waals surface area (Å²) in [5.41, 5.74) is 2.31. The Hall–Kier alpha value is -2.83. The normalized spacial score (nSPS) is 13.6. The van der Waals surface area contributed by atoms with E-state index in [1.807, 2.05) is 13.8 Å². The molecule has 2 amide bonds. The second kappa shape index (κ2) is 6.12. The summed E-state index contributed by atoms with van der Waals surface area (Å²) in [5.74, 6) is -0.0303. The third-order valence-corrected chi connectivity index (χ3v) is 3.78. The maximum Gasteiger partial charge on any atom is 0.255 e. The maximum absolute atomic E-state index is 12.4. The first-order valence-corrected chi connectivity index (χ1v) is 7.49. The topological polar surface area (TPSA) is 85.2 Å². The van der Waals surface area contributed by atoms with Crippen LogP contribution in [0.25, 0.3) is 0 Å².